The summed E-state index contributed by atoms with van der Waals surface area (Å²) in [6, 6.07) is 10.9. The summed E-state index contributed by atoms with van der Waals surface area (Å²) in [6.45, 7) is 5.10. The van der Waals surface area contributed by atoms with Crippen LogP contribution in [0.15, 0.2) is 30.3 Å². The van der Waals surface area contributed by atoms with Crippen LogP contribution in [0.25, 0.3) is 0 Å². The van der Waals surface area contributed by atoms with Crippen molar-refractivity contribution in [3.05, 3.63) is 35.9 Å². The first-order valence-electron chi connectivity index (χ1n) is 11.9. The molecule has 0 spiro atoms. The van der Waals surface area contributed by atoms with Gasteiger partial charge in [-0.15, -0.1) is 0 Å². The van der Waals surface area contributed by atoms with Crippen molar-refractivity contribution >= 4 is 0 Å². The van der Waals surface area contributed by atoms with Gasteiger partial charge < -0.3 is 10.8 Å². The van der Waals surface area contributed by atoms with E-state index in [1.807, 2.05) is 6.07 Å². The van der Waals surface area contributed by atoms with Crippen molar-refractivity contribution in [3.8, 4) is 0 Å². The Labute approximate surface area is 172 Å². The van der Waals surface area contributed by atoms with E-state index >= 15 is 0 Å². The molecule has 1 saturated carbocycles. The second kappa shape index (κ2) is 10.8. The Morgan fingerprint density at radius 2 is 1.86 bits per heavy atom. The Hall–Kier alpha value is -0.900. The lowest BCUT2D eigenvalue weighted by Crippen LogP contribution is -2.51. The van der Waals surface area contributed by atoms with Gasteiger partial charge in [0.05, 0.1) is 5.60 Å². The maximum absolute atomic E-state index is 11.9. The quantitative estimate of drug-likeness (QED) is 0.622. The van der Waals surface area contributed by atoms with Crippen molar-refractivity contribution in [2.75, 3.05) is 19.6 Å². The van der Waals surface area contributed by atoms with Crippen LogP contribution in [0.2, 0.25) is 0 Å². The average molecular weight is 387 g/mol. The summed E-state index contributed by atoms with van der Waals surface area (Å²) in [7, 11) is 0. The molecule has 1 aliphatic carbocycles. The van der Waals surface area contributed by atoms with Gasteiger partial charge in [0.15, 0.2) is 0 Å². The van der Waals surface area contributed by atoms with E-state index in [-0.39, 0.29) is 0 Å². The fourth-order valence-corrected chi connectivity index (χ4v) is 5.69. The van der Waals surface area contributed by atoms with Crippen LogP contribution >= 0.6 is 0 Å². The number of hydrogen-bond donors (Lipinski definition) is 2. The number of aliphatic hydroxyl groups is 1. The Morgan fingerprint density at radius 3 is 2.54 bits per heavy atom. The van der Waals surface area contributed by atoms with Gasteiger partial charge in [-0.05, 0) is 43.7 Å². The molecule has 0 amide bonds. The molecule has 0 aromatic heterocycles. The summed E-state index contributed by atoms with van der Waals surface area (Å²) in [6.07, 6.45) is 13.6. The minimum atomic E-state index is -0.708. The van der Waals surface area contributed by atoms with E-state index < -0.39 is 5.60 Å². The maximum atomic E-state index is 11.9. The van der Waals surface area contributed by atoms with Gasteiger partial charge in [0, 0.05) is 25.0 Å². The topological polar surface area (TPSA) is 49.5 Å². The molecule has 3 nitrogen and oxygen atoms in total. The zero-order valence-corrected chi connectivity index (χ0v) is 18.0. The summed E-state index contributed by atoms with van der Waals surface area (Å²) in [5.74, 6) is 1.16. The summed E-state index contributed by atoms with van der Waals surface area (Å²) in [5, 5.41) is 11.9. The number of nitrogens with two attached hydrogens (primary N) is 1. The van der Waals surface area contributed by atoms with Crippen LogP contribution in [0, 0.1) is 11.8 Å². The van der Waals surface area contributed by atoms with Crippen LogP contribution in [-0.2, 0) is 5.60 Å². The minimum absolute atomic E-state index is 0.301. The molecule has 0 bridgehead atoms. The van der Waals surface area contributed by atoms with Crippen LogP contribution in [-0.4, -0.2) is 35.7 Å². The fourth-order valence-electron chi connectivity index (χ4n) is 5.69. The van der Waals surface area contributed by atoms with Gasteiger partial charge >= 0.3 is 0 Å². The Balaban J connectivity index is 1.71. The summed E-state index contributed by atoms with van der Waals surface area (Å²) in [5.41, 5.74) is 6.66. The molecule has 3 heteroatoms. The molecule has 1 heterocycles. The van der Waals surface area contributed by atoms with E-state index in [1.165, 1.54) is 44.9 Å². The molecule has 3 atom stereocenters. The van der Waals surface area contributed by atoms with Crippen molar-refractivity contribution in [1.82, 2.24) is 4.90 Å². The third-order valence-corrected chi connectivity index (χ3v) is 7.43. The molecule has 1 saturated heterocycles. The highest BCUT2D eigenvalue weighted by atomic mass is 16.3. The summed E-state index contributed by atoms with van der Waals surface area (Å²) in [4.78, 5) is 2.63. The van der Waals surface area contributed by atoms with Gasteiger partial charge in [0.25, 0.3) is 0 Å². The standard InChI is InChI=1S/C25H42N2O/c1-2-3-16-25(28,22-13-8-5-9-14-22)23-15-10-17-27(20-23)24(19-26)18-21-11-6-4-7-12-21/h5,8-9,13-14,21,23-24,28H,2-4,6-7,10-12,15-20,26H2,1H3. The largest absolute Gasteiger partial charge is 0.385 e. The van der Waals surface area contributed by atoms with Crippen molar-refractivity contribution in [1.29, 1.82) is 0 Å². The van der Waals surface area contributed by atoms with Crippen LogP contribution in [0.1, 0.15) is 83.1 Å². The molecule has 3 N–H and O–H groups in total. The van der Waals surface area contributed by atoms with Gasteiger partial charge in [0.1, 0.15) is 0 Å². The van der Waals surface area contributed by atoms with Crippen molar-refractivity contribution < 1.29 is 5.11 Å². The lowest BCUT2D eigenvalue weighted by Gasteiger charge is -2.45. The number of hydrogen-bond acceptors (Lipinski definition) is 3. The van der Waals surface area contributed by atoms with Gasteiger partial charge in [0.2, 0.25) is 0 Å². The monoisotopic (exact) mass is 386 g/mol. The molecular formula is C25H42N2O. The van der Waals surface area contributed by atoms with Crippen molar-refractivity contribution in [3.63, 3.8) is 0 Å². The molecule has 1 aliphatic heterocycles. The fraction of sp³-hybridized carbons (Fsp3) is 0.760. The Bertz CT molecular complexity index is 557. The SMILES string of the molecule is CCCCC(O)(c1ccccc1)C1CCCN(C(CN)CC2CCCCC2)C1. The minimum Gasteiger partial charge on any atom is -0.385 e. The van der Waals surface area contributed by atoms with Crippen LogP contribution in [0.5, 0.6) is 0 Å². The second-order valence-electron chi connectivity index (χ2n) is 9.36. The van der Waals surface area contributed by atoms with E-state index in [4.69, 9.17) is 5.73 Å². The predicted molar refractivity (Wildman–Crippen MR) is 118 cm³/mol. The molecule has 2 aliphatic rings. The molecule has 1 aromatic rings. The van der Waals surface area contributed by atoms with Gasteiger partial charge in [-0.25, -0.2) is 0 Å². The second-order valence-corrected chi connectivity index (χ2v) is 9.36. The number of benzene rings is 1. The normalized spacial score (nSPS) is 25.3. The third-order valence-electron chi connectivity index (χ3n) is 7.43. The van der Waals surface area contributed by atoms with Crippen molar-refractivity contribution in [2.45, 2.75) is 89.2 Å². The zero-order valence-electron chi connectivity index (χ0n) is 18.0. The average Bonchev–Trinajstić information content (AvgIpc) is 2.77. The van der Waals surface area contributed by atoms with E-state index in [1.54, 1.807) is 0 Å². The number of rotatable bonds is 9. The molecule has 158 valence electrons. The van der Waals surface area contributed by atoms with Gasteiger partial charge in [-0.3, -0.25) is 4.90 Å². The number of piperidine rings is 1. The Kier molecular flexibility index (Phi) is 8.37. The highest BCUT2D eigenvalue weighted by Gasteiger charge is 2.41. The molecule has 2 fully saturated rings. The van der Waals surface area contributed by atoms with Gasteiger partial charge in [-0.1, -0.05) is 82.2 Å². The number of likely N-dealkylation sites (tertiary alicyclic amines) is 1. The molecule has 0 radical (unpaired) electrons. The van der Waals surface area contributed by atoms with Crippen LogP contribution in [0.3, 0.4) is 0 Å². The highest BCUT2D eigenvalue weighted by Crippen LogP contribution is 2.40. The smallest absolute Gasteiger partial charge is 0.0936 e. The highest BCUT2D eigenvalue weighted by molar-refractivity contribution is 5.23. The van der Waals surface area contributed by atoms with E-state index in [2.05, 4.69) is 36.1 Å². The molecule has 3 unspecified atom stereocenters. The van der Waals surface area contributed by atoms with E-state index in [9.17, 15) is 5.11 Å². The summed E-state index contributed by atoms with van der Waals surface area (Å²) < 4.78 is 0. The number of unbranched alkanes of at least 4 members (excludes halogenated alkanes) is 1. The first kappa shape index (κ1) is 21.8. The molecule has 3 rings (SSSR count). The lowest BCUT2D eigenvalue weighted by molar-refractivity contribution is -0.0679. The summed E-state index contributed by atoms with van der Waals surface area (Å²) >= 11 is 0. The predicted octanol–water partition coefficient (Wildman–Crippen LogP) is 5.07. The molecule has 1 aromatic carbocycles. The molecule has 28 heavy (non-hydrogen) atoms. The van der Waals surface area contributed by atoms with Crippen molar-refractivity contribution in [2.24, 2.45) is 17.6 Å². The van der Waals surface area contributed by atoms with E-state index in [0.717, 1.165) is 56.8 Å². The zero-order chi connectivity index (χ0) is 19.8. The first-order chi connectivity index (χ1) is 13.7. The number of nitrogens with zero attached hydrogens (tertiary/aromatic N) is 1. The Morgan fingerprint density at radius 1 is 1.11 bits per heavy atom. The first-order valence-corrected chi connectivity index (χ1v) is 11.9. The lowest BCUT2D eigenvalue weighted by atomic mass is 9.73. The van der Waals surface area contributed by atoms with E-state index in [0.29, 0.717) is 12.0 Å². The van der Waals surface area contributed by atoms with Gasteiger partial charge in [-0.2, -0.15) is 0 Å². The van der Waals surface area contributed by atoms with Crippen LogP contribution in [0.4, 0.5) is 0 Å². The molecular weight excluding hydrogens is 344 g/mol. The third kappa shape index (κ3) is 5.37. The maximum Gasteiger partial charge on any atom is 0.0936 e. The van der Waals surface area contributed by atoms with Crippen LogP contribution < -0.4 is 5.73 Å².